The molecule has 1 aliphatic heterocycles. The molecule has 0 spiro atoms. The number of anilines is 1. The number of hydrogen-bond donors (Lipinski definition) is 1. The molecular formula is C11H12F4N2O3S. The maximum absolute atomic E-state index is 13.2. The van der Waals surface area contributed by atoms with Crippen LogP contribution in [0.2, 0.25) is 0 Å². The van der Waals surface area contributed by atoms with Crippen LogP contribution in [0.3, 0.4) is 0 Å². The van der Waals surface area contributed by atoms with Crippen LogP contribution >= 0.6 is 0 Å². The molecule has 1 heterocycles. The average Bonchev–Trinajstić information content (AvgIpc) is 2.38. The van der Waals surface area contributed by atoms with Crippen molar-refractivity contribution in [1.29, 1.82) is 0 Å². The second kappa shape index (κ2) is 5.68. The fraction of sp³-hybridized carbons (Fsp3) is 0.455. The Balaban J connectivity index is 2.36. The first-order chi connectivity index (χ1) is 9.71. The molecule has 10 heteroatoms. The zero-order valence-corrected chi connectivity index (χ0v) is 11.5. The Labute approximate surface area is 118 Å². The van der Waals surface area contributed by atoms with Crippen LogP contribution in [0.15, 0.2) is 18.2 Å². The van der Waals surface area contributed by atoms with Gasteiger partial charge in [-0.15, -0.1) is 0 Å². The fourth-order valence-electron chi connectivity index (χ4n) is 1.89. The fourth-order valence-corrected chi connectivity index (χ4v) is 2.35. The lowest BCUT2D eigenvalue weighted by molar-refractivity contribution is -0.0500. The molecule has 0 saturated carbocycles. The zero-order chi connectivity index (χ0) is 15.7. The van der Waals surface area contributed by atoms with Crippen molar-refractivity contribution in [2.24, 2.45) is 0 Å². The van der Waals surface area contributed by atoms with Gasteiger partial charge in [0.05, 0.1) is 5.69 Å². The Bertz CT molecular complexity index is 612. The van der Waals surface area contributed by atoms with Crippen molar-refractivity contribution < 1.29 is 30.2 Å². The third-order valence-electron chi connectivity index (χ3n) is 2.86. The van der Waals surface area contributed by atoms with Gasteiger partial charge in [0.25, 0.3) is 0 Å². The Morgan fingerprint density at radius 1 is 1.19 bits per heavy atom. The molecule has 0 aliphatic carbocycles. The Hall–Kier alpha value is -1.55. The third kappa shape index (κ3) is 3.56. The highest BCUT2D eigenvalue weighted by atomic mass is 32.2. The molecule has 0 aromatic heterocycles. The topological polar surface area (TPSA) is 58.6 Å². The Morgan fingerprint density at radius 2 is 1.81 bits per heavy atom. The van der Waals surface area contributed by atoms with Gasteiger partial charge in [0.1, 0.15) is 5.82 Å². The summed E-state index contributed by atoms with van der Waals surface area (Å²) in [6.45, 7) is 2.02. The standard InChI is InChI=1S/C11H12F4N2O3S/c12-8-1-2-9(17-5-3-16-4-6-17)10(7-8)20-21(18,19)11(13,14)15/h1-2,7,16H,3-6H2. The van der Waals surface area contributed by atoms with Gasteiger partial charge in [0.15, 0.2) is 5.75 Å². The average molecular weight is 328 g/mol. The molecule has 1 aromatic rings. The number of benzene rings is 1. The lowest BCUT2D eigenvalue weighted by Crippen LogP contribution is -2.43. The summed E-state index contributed by atoms with van der Waals surface area (Å²) < 4.78 is 76.5. The number of halogens is 4. The van der Waals surface area contributed by atoms with Crippen molar-refractivity contribution in [1.82, 2.24) is 5.32 Å². The van der Waals surface area contributed by atoms with Gasteiger partial charge in [-0.25, -0.2) is 4.39 Å². The molecule has 0 unspecified atom stereocenters. The second-order valence-electron chi connectivity index (χ2n) is 4.33. The number of nitrogens with zero attached hydrogens (tertiary/aromatic N) is 1. The second-order valence-corrected chi connectivity index (χ2v) is 5.87. The van der Waals surface area contributed by atoms with E-state index in [1.807, 2.05) is 0 Å². The maximum atomic E-state index is 13.2. The lowest BCUT2D eigenvalue weighted by atomic mass is 10.2. The highest BCUT2D eigenvalue weighted by Crippen LogP contribution is 2.34. The quantitative estimate of drug-likeness (QED) is 0.517. The number of nitrogens with one attached hydrogen (secondary N) is 1. The van der Waals surface area contributed by atoms with E-state index in [2.05, 4.69) is 9.50 Å². The predicted molar refractivity (Wildman–Crippen MR) is 67.1 cm³/mol. The summed E-state index contributed by atoms with van der Waals surface area (Å²) in [5.41, 5.74) is -5.47. The summed E-state index contributed by atoms with van der Waals surface area (Å²) in [6, 6.07) is 2.85. The van der Waals surface area contributed by atoms with Gasteiger partial charge in [-0.05, 0) is 12.1 Å². The highest BCUT2D eigenvalue weighted by molar-refractivity contribution is 7.88. The van der Waals surface area contributed by atoms with E-state index in [1.165, 1.54) is 6.07 Å². The summed E-state index contributed by atoms with van der Waals surface area (Å²) >= 11 is 0. The SMILES string of the molecule is O=S(=O)(Oc1cc(F)ccc1N1CCNCC1)C(F)(F)F. The van der Waals surface area contributed by atoms with Gasteiger partial charge in [-0.1, -0.05) is 0 Å². The molecule has 1 N–H and O–H groups in total. The van der Waals surface area contributed by atoms with Crippen LogP contribution in [0.5, 0.6) is 5.75 Å². The van der Waals surface area contributed by atoms with E-state index in [9.17, 15) is 26.0 Å². The molecule has 0 amide bonds. The van der Waals surface area contributed by atoms with Crippen LogP contribution in [-0.2, 0) is 10.1 Å². The van der Waals surface area contributed by atoms with E-state index in [4.69, 9.17) is 0 Å². The van der Waals surface area contributed by atoms with Gasteiger partial charge in [0, 0.05) is 32.2 Å². The molecule has 5 nitrogen and oxygen atoms in total. The molecule has 21 heavy (non-hydrogen) atoms. The van der Waals surface area contributed by atoms with Crippen molar-refractivity contribution in [3.8, 4) is 5.75 Å². The van der Waals surface area contributed by atoms with Crippen molar-refractivity contribution >= 4 is 15.8 Å². The minimum absolute atomic E-state index is 0.103. The Morgan fingerprint density at radius 3 is 2.38 bits per heavy atom. The number of piperazine rings is 1. The van der Waals surface area contributed by atoms with Crippen LogP contribution in [0.4, 0.5) is 23.2 Å². The smallest absolute Gasteiger partial charge is 0.374 e. The molecule has 0 radical (unpaired) electrons. The van der Waals surface area contributed by atoms with Crippen molar-refractivity contribution in [3.63, 3.8) is 0 Å². The minimum Gasteiger partial charge on any atom is -0.374 e. The predicted octanol–water partition coefficient (Wildman–Crippen LogP) is 1.46. The van der Waals surface area contributed by atoms with E-state index < -0.39 is 27.2 Å². The summed E-state index contributed by atoms with van der Waals surface area (Å²) in [7, 11) is -5.84. The molecule has 1 saturated heterocycles. The summed E-state index contributed by atoms with van der Waals surface area (Å²) in [4.78, 5) is 1.62. The van der Waals surface area contributed by atoms with Crippen LogP contribution < -0.4 is 14.4 Å². The van der Waals surface area contributed by atoms with Crippen molar-refractivity contribution in [2.75, 3.05) is 31.1 Å². The first kappa shape index (κ1) is 15.8. The molecular weight excluding hydrogens is 316 g/mol. The number of rotatable bonds is 3. The largest absolute Gasteiger partial charge is 0.534 e. The van der Waals surface area contributed by atoms with Crippen molar-refractivity contribution in [2.45, 2.75) is 5.51 Å². The molecule has 1 aliphatic rings. The van der Waals surface area contributed by atoms with Crippen LogP contribution in [0.25, 0.3) is 0 Å². The zero-order valence-electron chi connectivity index (χ0n) is 10.7. The molecule has 0 bridgehead atoms. The van der Waals surface area contributed by atoms with E-state index in [0.717, 1.165) is 6.07 Å². The molecule has 118 valence electrons. The van der Waals surface area contributed by atoms with Crippen LogP contribution in [0.1, 0.15) is 0 Å². The lowest BCUT2D eigenvalue weighted by Gasteiger charge is -2.30. The van der Waals surface area contributed by atoms with Crippen LogP contribution in [0, 0.1) is 5.82 Å². The van der Waals surface area contributed by atoms with Gasteiger partial charge >= 0.3 is 15.6 Å². The van der Waals surface area contributed by atoms with Crippen molar-refractivity contribution in [3.05, 3.63) is 24.0 Å². The summed E-state index contributed by atoms with van der Waals surface area (Å²) in [5.74, 6) is -1.56. The molecule has 1 fully saturated rings. The summed E-state index contributed by atoms with van der Waals surface area (Å²) in [6.07, 6.45) is 0. The van der Waals surface area contributed by atoms with Gasteiger partial charge in [-0.2, -0.15) is 21.6 Å². The van der Waals surface area contributed by atoms with E-state index in [0.29, 0.717) is 32.2 Å². The maximum Gasteiger partial charge on any atom is 0.534 e. The highest BCUT2D eigenvalue weighted by Gasteiger charge is 2.49. The third-order valence-corrected chi connectivity index (χ3v) is 3.83. The van der Waals surface area contributed by atoms with E-state index in [-0.39, 0.29) is 5.69 Å². The number of hydrogen-bond acceptors (Lipinski definition) is 5. The Kier molecular flexibility index (Phi) is 4.28. The van der Waals surface area contributed by atoms with Gasteiger partial charge < -0.3 is 14.4 Å². The molecule has 1 aromatic carbocycles. The first-order valence-electron chi connectivity index (χ1n) is 5.97. The van der Waals surface area contributed by atoms with E-state index >= 15 is 0 Å². The monoisotopic (exact) mass is 328 g/mol. The minimum atomic E-state index is -5.84. The van der Waals surface area contributed by atoms with E-state index in [1.54, 1.807) is 4.90 Å². The normalized spacial score (nSPS) is 16.9. The summed E-state index contributed by atoms with van der Waals surface area (Å²) in [5, 5.41) is 3.03. The van der Waals surface area contributed by atoms with Crippen LogP contribution in [-0.4, -0.2) is 40.1 Å². The number of alkyl halides is 3. The van der Waals surface area contributed by atoms with Gasteiger partial charge in [-0.3, -0.25) is 0 Å². The molecule has 0 atom stereocenters. The first-order valence-corrected chi connectivity index (χ1v) is 7.37. The van der Waals surface area contributed by atoms with Gasteiger partial charge in [0.2, 0.25) is 0 Å². The molecule has 2 rings (SSSR count).